The van der Waals surface area contributed by atoms with Crippen molar-refractivity contribution in [3.8, 4) is 0 Å². The van der Waals surface area contributed by atoms with Crippen LogP contribution in [0.2, 0.25) is 0 Å². The minimum Gasteiger partial charge on any atom is -0.347 e. The predicted molar refractivity (Wildman–Crippen MR) is 64.7 cm³/mol. The molecule has 2 heterocycles. The van der Waals surface area contributed by atoms with Gasteiger partial charge >= 0.3 is 0 Å². The van der Waals surface area contributed by atoms with E-state index >= 15 is 0 Å². The molecule has 1 aromatic carbocycles. The molecule has 78 valence electrons. The monoisotopic (exact) mass is 219 g/mol. The van der Waals surface area contributed by atoms with Crippen molar-refractivity contribution in [3.63, 3.8) is 0 Å². The summed E-state index contributed by atoms with van der Waals surface area (Å²) in [6.45, 7) is 1.16. The first-order chi connectivity index (χ1) is 7.40. The van der Waals surface area contributed by atoms with Crippen LogP contribution < -0.4 is 0 Å². The topological polar surface area (TPSA) is 4.93 Å². The number of hydrogen-bond acceptors (Lipinski definition) is 0. The van der Waals surface area contributed by atoms with Crippen LogP contribution in [-0.2, 0) is 19.4 Å². The SMILES string of the molecule is ClCCc1cn2c3c(cccc13)CCC2. The number of nitrogens with zero attached hydrogens (tertiary/aromatic N) is 1. The summed E-state index contributed by atoms with van der Waals surface area (Å²) in [6, 6.07) is 6.65. The number of hydrogen-bond donors (Lipinski definition) is 0. The van der Waals surface area contributed by atoms with E-state index < -0.39 is 0 Å². The minimum atomic E-state index is 0.712. The summed E-state index contributed by atoms with van der Waals surface area (Å²) in [5.41, 5.74) is 4.35. The molecule has 0 aliphatic carbocycles. The summed E-state index contributed by atoms with van der Waals surface area (Å²) >= 11 is 5.84. The van der Waals surface area contributed by atoms with E-state index in [4.69, 9.17) is 11.6 Å². The maximum atomic E-state index is 5.84. The zero-order valence-electron chi connectivity index (χ0n) is 8.67. The Balaban J connectivity index is 2.29. The van der Waals surface area contributed by atoms with Crippen LogP contribution >= 0.6 is 11.6 Å². The zero-order valence-corrected chi connectivity index (χ0v) is 9.43. The molecule has 0 N–H and O–H groups in total. The maximum Gasteiger partial charge on any atom is 0.0515 e. The summed E-state index contributed by atoms with van der Waals surface area (Å²) in [6.07, 6.45) is 5.76. The first-order valence-electron chi connectivity index (χ1n) is 5.56. The van der Waals surface area contributed by atoms with E-state index in [9.17, 15) is 0 Å². The van der Waals surface area contributed by atoms with Crippen LogP contribution in [0.15, 0.2) is 24.4 Å². The summed E-state index contributed by atoms with van der Waals surface area (Å²) < 4.78 is 2.40. The maximum absolute atomic E-state index is 5.84. The Bertz CT molecular complexity index is 498. The Labute approximate surface area is 94.7 Å². The highest BCUT2D eigenvalue weighted by Gasteiger charge is 2.14. The van der Waals surface area contributed by atoms with E-state index in [2.05, 4.69) is 29.0 Å². The normalized spacial score (nSPS) is 14.7. The van der Waals surface area contributed by atoms with Gasteiger partial charge in [0.05, 0.1) is 5.52 Å². The van der Waals surface area contributed by atoms with Crippen molar-refractivity contribution in [2.45, 2.75) is 25.8 Å². The fraction of sp³-hybridized carbons (Fsp3) is 0.385. The van der Waals surface area contributed by atoms with Gasteiger partial charge in [0.1, 0.15) is 0 Å². The molecule has 1 nitrogen and oxygen atoms in total. The summed E-state index contributed by atoms with van der Waals surface area (Å²) in [7, 11) is 0. The molecule has 0 spiro atoms. The molecule has 2 aromatic rings. The summed E-state index contributed by atoms with van der Waals surface area (Å²) in [4.78, 5) is 0. The van der Waals surface area contributed by atoms with Crippen LogP contribution in [-0.4, -0.2) is 10.4 Å². The highest BCUT2D eigenvalue weighted by Crippen LogP contribution is 2.29. The molecule has 2 heteroatoms. The van der Waals surface area contributed by atoms with E-state index in [0.29, 0.717) is 5.88 Å². The van der Waals surface area contributed by atoms with E-state index in [1.165, 1.54) is 34.9 Å². The van der Waals surface area contributed by atoms with Gasteiger partial charge in [-0.3, -0.25) is 0 Å². The lowest BCUT2D eigenvalue weighted by atomic mass is 10.0. The van der Waals surface area contributed by atoms with Crippen molar-refractivity contribution >= 4 is 22.5 Å². The molecule has 0 amide bonds. The number of halogens is 1. The number of rotatable bonds is 2. The van der Waals surface area contributed by atoms with Gasteiger partial charge in [-0.05, 0) is 30.4 Å². The molecule has 0 saturated carbocycles. The number of para-hydroxylation sites is 1. The second-order valence-corrected chi connectivity index (χ2v) is 4.58. The Morgan fingerprint density at radius 2 is 2.27 bits per heavy atom. The smallest absolute Gasteiger partial charge is 0.0515 e. The van der Waals surface area contributed by atoms with Gasteiger partial charge in [-0.15, -0.1) is 11.6 Å². The van der Waals surface area contributed by atoms with Crippen LogP contribution in [0.5, 0.6) is 0 Å². The molecule has 0 fully saturated rings. The number of aromatic nitrogens is 1. The van der Waals surface area contributed by atoms with Crippen LogP contribution in [0.4, 0.5) is 0 Å². The van der Waals surface area contributed by atoms with Gasteiger partial charge in [-0.1, -0.05) is 18.2 Å². The Kier molecular flexibility index (Phi) is 2.21. The standard InChI is InChI=1S/C13H14ClN/c14-7-6-11-9-15-8-2-4-10-3-1-5-12(11)13(10)15/h1,3,5,9H,2,4,6-8H2. The molecule has 1 aromatic heterocycles. The minimum absolute atomic E-state index is 0.712. The zero-order chi connectivity index (χ0) is 10.3. The second-order valence-electron chi connectivity index (χ2n) is 4.20. The van der Waals surface area contributed by atoms with Crippen LogP contribution in [0, 0.1) is 0 Å². The average Bonchev–Trinajstić information content (AvgIpc) is 2.61. The van der Waals surface area contributed by atoms with Gasteiger partial charge in [-0.2, -0.15) is 0 Å². The third-order valence-electron chi connectivity index (χ3n) is 3.27. The third-order valence-corrected chi connectivity index (χ3v) is 3.46. The second kappa shape index (κ2) is 3.57. The first kappa shape index (κ1) is 9.29. The van der Waals surface area contributed by atoms with Gasteiger partial charge in [-0.25, -0.2) is 0 Å². The van der Waals surface area contributed by atoms with E-state index in [1.807, 2.05) is 0 Å². The average molecular weight is 220 g/mol. The molecule has 0 radical (unpaired) electrons. The van der Waals surface area contributed by atoms with Crippen molar-refractivity contribution in [1.82, 2.24) is 4.57 Å². The van der Waals surface area contributed by atoms with Crippen molar-refractivity contribution in [2.75, 3.05) is 5.88 Å². The lowest BCUT2D eigenvalue weighted by Crippen LogP contribution is -2.05. The predicted octanol–water partition coefficient (Wildman–Crippen LogP) is 3.37. The lowest BCUT2D eigenvalue weighted by molar-refractivity contribution is 0.634. The summed E-state index contributed by atoms with van der Waals surface area (Å²) in [5.74, 6) is 0.712. The van der Waals surface area contributed by atoms with Gasteiger partial charge in [0.25, 0.3) is 0 Å². The molecular weight excluding hydrogens is 206 g/mol. The molecule has 0 saturated heterocycles. The van der Waals surface area contributed by atoms with Gasteiger partial charge in [0.15, 0.2) is 0 Å². The molecule has 1 aliphatic rings. The van der Waals surface area contributed by atoms with E-state index in [0.717, 1.165) is 13.0 Å². The number of benzene rings is 1. The highest BCUT2D eigenvalue weighted by molar-refractivity contribution is 6.18. The Hall–Kier alpha value is -0.950. The largest absolute Gasteiger partial charge is 0.347 e. The molecule has 0 bridgehead atoms. The van der Waals surface area contributed by atoms with Crippen molar-refractivity contribution in [1.29, 1.82) is 0 Å². The first-order valence-corrected chi connectivity index (χ1v) is 6.09. The van der Waals surface area contributed by atoms with Crippen LogP contribution in [0.3, 0.4) is 0 Å². The molecule has 3 rings (SSSR count). The summed E-state index contributed by atoms with van der Waals surface area (Å²) in [5, 5.41) is 1.41. The molecule has 0 atom stereocenters. The lowest BCUT2D eigenvalue weighted by Gasteiger charge is -2.14. The van der Waals surface area contributed by atoms with Crippen molar-refractivity contribution in [2.24, 2.45) is 0 Å². The Morgan fingerprint density at radius 3 is 3.13 bits per heavy atom. The molecular formula is C13H14ClN. The van der Waals surface area contributed by atoms with E-state index in [-0.39, 0.29) is 0 Å². The fourth-order valence-electron chi connectivity index (χ4n) is 2.63. The quantitative estimate of drug-likeness (QED) is 0.683. The molecule has 15 heavy (non-hydrogen) atoms. The molecule has 1 aliphatic heterocycles. The fourth-order valence-corrected chi connectivity index (χ4v) is 2.83. The number of alkyl halides is 1. The van der Waals surface area contributed by atoms with Crippen molar-refractivity contribution in [3.05, 3.63) is 35.5 Å². The Morgan fingerprint density at radius 1 is 1.33 bits per heavy atom. The third kappa shape index (κ3) is 1.37. The van der Waals surface area contributed by atoms with Gasteiger partial charge in [0, 0.05) is 24.0 Å². The number of aryl methyl sites for hydroxylation is 3. The van der Waals surface area contributed by atoms with Gasteiger partial charge < -0.3 is 4.57 Å². The molecule has 0 unspecified atom stereocenters. The van der Waals surface area contributed by atoms with Gasteiger partial charge in [0.2, 0.25) is 0 Å². The van der Waals surface area contributed by atoms with E-state index in [1.54, 1.807) is 0 Å². The van der Waals surface area contributed by atoms with Crippen LogP contribution in [0.1, 0.15) is 17.5 Å². The highest BCUT2D eigenvalue weighted by atomic mass is 35.5. The van der Waals surface area contributed by atoms with Crippen molar-refractivity contribution < 1.29 is 0 Å². The van der Waals surface area contributed by atoms with Crippen LogP contribution in [0.25, 0.3) is 10.9 Å².